The summed E-state index contributed by atoms with van der Waals surface area (Å²) in [6, 6.07) is 7.87. The monoisotopic (exact) mass is 425 g/mol. The lowest BCUT2D eigenvalue weighted by molar-refractivity contribution is 0.726. The van der Waals surface area contributed by atoms with Crippen molar-refractivity contribution in [1.29, 1.82) is 0 Å². The Balaban J connectivity index is 0.00000200. The fraction of sp³-hybridized carbons (Fsp3) is 0.500. The van der Waals surface area contributed by atoms with Crippen LogP contribution in [0.15, 0.2) is 29.3 Å². The standard InChI is InChI=1S/C14H20ClN3S.HI/c1-16-14(18-10-13-6-3-7-19-13)17-9-11-4-2-5-12(15)8-11;/h2,4-5,8,13H,3,6-7,9-10H2,1H3,(H2,16,17,18);1H. The first-order valence-electron chi connectivity index (χ1n) is 6.58. The van der Waals surface area contributed by atoms with Gasteiger partial charge in [-0.1, -0.05) is 23.7 Å². The number of nitrogens with one attached hydrogen (secondary N) is 2. The van der Waals surface area contributed by atoms with Crippen LogP contribution in [-0.4, -0.2) is 30.6 Å². The van der Waals surface area contributed by atoms with Gasteiger partial charge in [0.1, 0.15) is 0 Å². The van der Waals surface area contributed by atoms with Crippen LogP contribution in [0.1, 0.15) is 18.4 Å². The smallest absolute Gasteiger partial charge is 0.191 e. The normalized spacial score (nSPS) is 18.5. The molecule has 1 aliphatic rings. The Bertz CT molecular complexity index is 436. The number of halogens is 2. The maximum atomic E-state index is 5.96. The van der Waals surface area contributed by atoms with Crippen LogP contribution in [0, 0.1) is 0 Å². The lowest BCUT2D eigenvalue weighted by Crippen LogP contribution is -2.39. The third-order valence-electron chi connectivity index (χ3n) is 3.09. The second-order valence-electron chi connectivity index (χ2n) is 4.57. The molecule has 1 heterocycles. The maximum Gasteiger partial charge on any atom is 0.191 e. The van der Waals surface area contributed by atoms with Gasteiger partial charge in [-0.15, -0.1) is 24.0 Å². The lowest BCUT2D eigenvalue weighted by atomic mass is 10.2. The van der Waals surface area contributed by atoms with Gasteiger partial charge >= 0.3 is 0 Å². The molecule has 20 heavy (non-hydrogen) atoms. The molecule has 0 aliphatic carbocycles. The zero-order chi connectivity index (χ0) is 13.5. The summed E-state index contributed by atoms with van der Waals surface area (Å²) >= 11 is 8.01. The van der Waals surface area contributed by atoms with Crippen LogP contribution in [-0.2, 0) is 6.54 Å². The average molecular weight is 426 g/mol. The Hall–Kier alpha value is -0.140. The zero-order valence-corrected chi connectivity index (χ0v) is 15.5. The Labute approximate surface area is 147 Å². The third kappa shape index (κ3) is 6.10. The van der Waals surface area contributed by atoms with Crippen LogP contribution in [0.3, 0.4) is 0 Å². The predicted octanol–water partition coefficient (Wildman–Crippen LogP) is 3.52. The van der Waals surface area contributed by atoms with E-state index in [0.717, 1.165) is 34.9 Å². The molecule has 0 spiro atoms. The van der Waals surface area contributed by atoms with E-state index in [1.165, 1.54) is 18.6 Å². The van der Waals surface area contributed by atoms with Crippen molar-refractivity contribution in [3.63, 3.8) is 0 Å². The molecule has 1 aromatic rings. The molecule has 1 saturated heterocycles. The van der Waals surface area contributed by atoms with E-state index in [0.29, 0.717) is 0 Å². The minimum atomic E-state index is 0. The number of benzene rings is 1. The van der Waals surface area contributed by atoms with E-state index >= 15 is 0 Å². The predicted molar refractivity (Wildman–Crippen MR) is 101 cm³/mol. The summed E-state index contributed by atoms with van der Waals surface area (Å²) in [7, 11) is 1.80. The van der Waals surface area contributed by atoms with Gasteiger partial charge in [0.2, 0.25) is 0 Å². The summed E-state index contributed by atoms with van der Waals surface area (Å²) in [6.07, 6.45) is 2.65. The van der Waals surface area contributed by atoms with Crippen molar-refractivity contribution >= 4 is 53.3 Å². The number of rotatable bonds is 4. The van der Waals surface area contributed by atoms with Crippen molar-refractivity contribution in [3.05, 3.63) is 34.9 Å². The Morgan fingerprint density at radius 1 is 1.45 bits per heavy atom. The van der Waals surface area contributed by atoms with Crippen molar-refractivity contribution in [3.8, 4) is 0 Å². The average Bonchev–Trinajstić information content (AvgIpc) is 2.92. The summed E-state index contributed by atoms with van der Waals surface area (Å²) in [4.78, 5) is 4.24. The molecule has 1 aliphatic heterocycles. The first-order valence-corrected chi connectivity index (χ1v) is 8.01. The number of thioether (sulfide) groups is 1. The number of hydrogen-bond donors (Lipinski definition) is 2. The summed E-state index contributed by atoms with van der Waals surface area (Å²) < 4.78 is 0. The second kappa shape index (κ2) is 9.73. The molecule has 0 amide bonds. The largest absolute Gasteiger partial charge is 0.355 e. The molecule has 0 bridgehead atoms. The molecule has 2 N–H and O–H groups in total. The molecule has 0 saturated carbocycles. The molecule has 1 fully saturated rings. The number of guanidine groups is 1. The highest BCUT2D eigenvalue weighted by Gasteiger charge is 2.15. The molecule has 2 rings (SSSR count). The molecule has 1 unspecified atom stereocenters. The summed E-state index contributed by atoms with van der Waals surface area (Å²) in [5, 5.41) is 8.18. The number of hydrogen-bond acceptors (Lipinski definition) is 2. The van der Waals surface area contributed by atoms with E-state index in [1.807, 2.05) is 30.0 Å². The zero-order valence-electron chi connectivity index (χ0n) is 11.6. The van der Waals surface area contributed by atoms with Crippen molar-refractivity contribution in [2.45, 2.75) is 24.6 Å². The van der Waals surface area contributed by atoms with Crippen LogP contribution < -0.4 is 10.6 Å². The van der Waals surface area contributed by atoms with Gasteiger partial charge in [0, 0.05) is 30.4 Å². The van der Waals surface area contributed by atoms with Crippen molar-refractivity contribution in [2.75, 3.05) is 19.3 Å². The SMILES string of the molecule is CN=C(NCc1cccc(Cl)c1)NCC1CCCS1.I. The molecule has 112 valence electrons. The number of aliphatic imine (C=N–C) groups is 1. The van der Waals surface area contributed by atoms with Gasteiger partial charge in [0.05, 0.1) is 0 Å². The quantitative estimate of drug-likeness (QED) is 0.440. The molecule has 3 nitrogen and oxygen atoms in total. The first kappa shape index (κ1) is 17.9. The minimum absolute atomic E-state index is 0. The topological polar surface area (TPSA) is 36.4 Å². The second-order valence-corrected chi connectivity index (χ2v) is 6.42. The number of nitrogens with zero attached hydrogens (tertiary/aromatic N) is 1. The van der Waals surface area contributed by atoms with Crippen LogP contribution in [0.25, 0.3) is 0 Å². The van der Waals surface area contributed by atoms with Gasteiger partial charge < -0.3 is 10.6 Å². The Morgan fingerprint density at radius 3 is 2.95 bits per heavy atom. The van der Waals surface area contributed by atoms with Gasteiger partial charge in [0.15, 0.2) is 5.96 Å². The van der Waals surface area contributed by atoms with Crippen LogP contribution >= 0.6 is 47.3 Å². The molecule has 6 heteroatoms. The van der Waals surface area contributed by atoms with E-state index in [-0.39, 0.29) is 24.0 Å². The summed E-state index contributed by atoms with van der Waals surface area (Å²) in [5.41, 5.74) is 1.16. The molecule has 1 atom stereocenters. The summed E-state index contributed by atoms with van der Waals surface area (Å²) in [6.45, 7) is 1.72. The van der Waals surface area contributed by atoms with Crippen LogP contribution in [0.4, 0.5) is 0 Å². The fourth-order valence-electron chi connectivity index (χ4n) is 2.07. The Morgan fingerprint density at radius 2 is 2.30 bits per heavy atom. The third-order valence-corrected chi connectivity index (χ3v) is 4.73. The molecule has 1 aromatic carbocycles. The van der Waals surface area contributed by atoms with Gasteiger partial charge in [0.25, 0.3) is 0 Å². The first-order chi connectivity index (χ1) is 9.28. The van der Waals surface area contributed by atoms with Crippen molar-refractivity contribution in [1.82, 2.24) is 10.6 Å². The highest BCUT2D eigenvalue weighted by atomic mass is 127. The summed E-state index contributed by atoms with van der Waals surface area (Å²) in [5.74, 6) is 2.15. The molecule has 0 aromatic heterocycles. The van der Waals surface area contributed by atoms with Crippen molar-refractivity contribution < 1.29 is 0 Å². The Kier molecular flexibility index (Phi) is 8.72. The van der Waals surface area contributed by atoms with Crippen LogP contribution in [0.2, 0.25) is 5.02 Å². The molecular formula is C14H21ClIN3S. The van der Waals surface area contributed by atoms with E-state index < -0.39 is 0 Å². The van der Waals surface area contributed by atoms with Gasteiger partial charge in [-0.05, 0) is 36.3 Å². The van der Waals surface area contributed by atoms with E-state index in [9.17, 15) is 0 Å². The molecular weight excluding hydrogens is 405 g/mol. The minimum Gasteiger partial charge on any atom is -0.355 e. The van der Waals surface area contributed by atoms with E-state index in [2.05, 4.69) is 21.7 Å². The highest BCUT2D eigenvalue weighted by Crippen LogP contribution is 2.25. The van der Waals surface area contributed by atoms with E-state index in [1.54, 1.807) is 7.05 Å². The fourth-order valence-corrected chi connectivity index (χ4v) is 3.48. The van der Waals surface area contributed by atoms with Crippen molar-refractivity contribution in [2.24, 2.45) is 4.99 Å². The van der Waals surface area contributed by atoms with E-state index in [4.69, 9.17) is 11.6 Å². The van der Waals surface area contributed by atoms with Crippen LogP contribution in [0.5, 0.6) is 0 Å². The van der Waals surface area contributed by atoms with Gasteiger partial charge in [-0.25, -0.2) is 0 Å². The highest BCUT2D eigenvalue weighted by molar-refractivity contribution is 14.0. The molecule has 0 radical (unpaired) electrons. The van der Waals surface area contributed by atoms with Gasteiger partial charge in [-0.2, -0.15) is 11.8 Å². The lowest BCUT2D eigenvalue weighted by Gasteiger charge is -2.14. The van der Waals surface area contributed by atoms with Gasteiger partial charge in [-0.3, -0.25) is 4.99 Å². The maximum absolute atomic E-state index is 5.96.